The minimum Gasteiger partial charge on any atom is -0.307 e. The average Bonchev–Trinajstić information content (AvgIpc) is 2.43. The molecule has 1 N–H and O–H groups in total. The van der Waals surface area contributed by atoms with Crippen molar-refractivity contribution in [1.29, 1.82) is 5.41 Å². The molecule has 2 nitrogen and oxygen atoms in total. The standard InChI is InChI=1S/C11H14N2/c1-8-3-4-9-5-6-13-10(7-12)11(8,9)2/h3-4,7,12H,5-6H2,1-2H3. The van der Waals surface area contributed by atoms with E-state index in [1.54, 1.807) is 0 Å². The zero-order chi connectivity index (χ0) is 9.47. The summed E-state index contributed by atoms with van der Waals surface area (Å²) in [6, 6.07) is 0. The molecule has 1 aliphatic carbocycles. The van der Waals surface area contributed by atoms with Gasteiger partial charge < -0.3 is 5.41 Å². The highest BCUT2D eigenvalue weighted by molar-refractivity contribution is 6.34. The van der Waals surface area contributed by atoms with Crippen LogP contribution in [0.2, 0.25) is 0 Å². The molecule has 0 spiro atoms. The lowest BCUT2D eigenvalue weighted by Gasteiger charge is -2.33. The second-order valence-corrected chi connectivity index (χ2v) is 3.83. The van der Waals surface area contributed by atoms with Gasteiger partial charge in [-0.15, -0.1) is 0 Å². The quantitative estimate of drug-likeness (QED) is 0.592. The summed E-state index contributed by atoms with van der Waals surface area (Å²) in [7, 11) is 0. The Labute approximate surface area is 78.6 Å². The predicted molar refractivity (Wildman–Crippen MR) is 55.6 cm³/mol. The lowest BCUT2D eigenvalue weighted by Crippen LogP contribution is -2.34. The van der Waals surface area contributed by atoms with Crippen LogP contribution in [0.5, 0.6) is 0 Å². The van der Waals surface area contributed by atoms with Crippen molar-refractivity contribution in [3.05, 3.63) is 23.3 Å². The molecular weight excluding hydrogens is 160 g/mol. The Kier molecular flexibility index (Phi) is 1.72. The summed E-state index contributed by atoms with van der Waals surface area (Å²) in [4.78, 5) is 4.40. The van der Waals surface area contributed by atoms with Crippen LogP contribution in [0, 0.1) is 10.8 Å². The first-order chi connectivity index (χ1) is 6.19. The summed E-state index contributed by atoms with van der Waals surface area (Å²) < 4.78 is 0. The first kappa shape index (κ1) is 8.42. The molecule has 1 aliphatic heterocycles. The van der Waals surface area contributed by atoms with Gasteiger partial charge in [-0.05, 0) is 20.3 Å². The maximum absolute atomic E-state index is 7.35. The van der Waals surface area contributed by atoms with Gasteiger partial charge in [0.15, 0.2) is 0 Å². The van der Waals surface area contributed by atoms with Gasteiger partial charge in [-0.1, -0.05) is 23.3 Å². The van der Waals surface area contributed by atoms with Gasteiger partial charge in [-0.3, -0.25) is 4.99 Å². The van der Waals surface area contributed by atoms with E-state index < -0.39 is 0 Å². The van der Waals surface area contributed by atoms with Crippen LogP contribution in [0.3, 0.4) is 0 Å². The van der Waals surface area contributed by atoms with Crippen molar-refractivity contribution in [2.75, 3.05) is 6.54 Å². The molecule has 2 aliphatic rings. The number of nitrogens with zero attached hydrogens (tertiary/aromatic N) is 1. The van der Waals surface area contributed by atoms with Crippen molar-refractivity contribution < 1.29 is 0 Å². The van der Waals surface area contributed by atoms with Crippen molar-refractivity contribution in [2.45, 2.75) is 20.3 Å². The van der Waals surface area contributed by atoms with Crippen molar-refractivity contribution >= 4 is 11.9 Å². The van der Waals surface area contributed by atoms with Crippen LogP contribution in [0.15, 0.2) is 28.3 Å². The van der Waals surface area contributed by atoms with Crippen molar-refractivity contribution in [3.8, 4) is 0 Å². The van der Waals surface area contributed by atoms with Gasteiger partial charge in [-0.2, -0.15) is 0 Å². The molecule has 68 valence electrons. The monoisotopic (exact) mass is 174 g/mol. The Morgan fingerprint density at radius 1 is 1.54 bits per heavy atom. The van der Waals surface area contributed by atoms with Crippen LogP contribution in [0.1, 0.15) is 20.3 Å². The molecule has 0 aromatic heterocycles. The molecule has 0 aromatic rings. The molecule has 0 amide bonds. The molecule has 13 heavy (non-hydrogen) atoms. The molecule has 0 saturated heterocycles. The van der Waals surface area contributed by atoms with Crippen LogP contribution >= 0.6 is 0 Å². The van der Waals surface area contributed by atoms with E-state index >= 15 is 0 Å². The van der Waals surface area contributed by atoms with Gasteiger partial charge in [0.25, 0.3) is 0 Å². The van der Waals surface area contributed by atoms with Crippen LogP contribution in [0.4, 0.5) is 0 Å². The highest BCUT2D eigenvalue weighted by Gasteiger charge is 2.39. The molecule has 1 heterocycles. The number of nitrogens with one attached hydrogen (secondary N) is 1. The Balaban J connectivity index is 2.54. The fourth-order valence-electron chi connectivity index (χ4n) is 2.16. The van der Waals surface area contributed by atoms with E-state index in [1.807, 2.05) is 0 Å². The van der Waals surface area contributed by atoms with Gasteiger partial charge in [-0.25, -0.2) is 0 Å². The largest absolute Gasteiger partial charge is 0.307 e. The van der Waals surface area contributed by atoms with Crippen LogP contribution in [-0.4, -0.2) is 18.5 Å². The van der Waals surface area contributed by atoms with E-state index in [0.717, 1.165) is 18.7 Å². The highest BCUT2D eigenvalue weighted by atomic mass is 14.8. The van der Waals surface area contributed by atoms with E-state index in [1.165, 1.54) is 17.4 Å². The second kappa shape index (κ2) is 2.66. The maximum Gasteiger partial charge on any atom is 0.0664 e. The van der Waals surface area contributed by atoms with E-state index in [-0.39, 0.29) is 5.41 Å². The molecule has 2 heteroatoms. The average molecular weight is 174 g/mol. The maximum atomic E-state index is 7.35. The van der Waals surface area contributed by atoms with Gasteiger partial charge in [0, 0.05) is 12.8 Å². The Hall–Kier alpha value is -1.18. The minimum atomic E-state index is -0.0556. The summed E-state index contributed by atoms with van der Waals surface area (Å²) in [5.41, 5.74) is 3.58. The summed E-state index contributed by atoms with van der Waals surface area (Å²) in [5.74, 6) is 0. The van der Waals surface area contributed by atoms with Crippen molar-refractivity contribution in [2.24, 2.45) is 10.4 Å². The molecule has 0 aromatic carbocycles. The molecular formula is C11H14N2. The van der Waals surface area contributed by atoms with E-state index in [9.17, 15) is 0 Å². The topological polar surface area (TPSA) is 36.2 Å². The molecule has 2 rings (SSSR count). The number of fused-ring (bicyclic) bond motifs is 1. The predicted octanol–water partition coefficient (Wildman–Crippen LogP) is 2.37. The number of hydrogen-bond donors (Lipinski definition) is 1. The SMILES string of the molecule is CC1=CC=C2CCN=C(C=N)C12C. The zero-order valence-electron chi connectivity index (χ0n) is 8.09. The van der Waals surface area contributed by atoms with Gasteiger partial charge in [0.1, 0.15) is 0 Å². The summed E-state index contributed by atoms with van der Waals surface area (Å²) in [6.07, 6.45) is 6.78. The van der Waals surface area contributed by atoms with Crippen molar-refractivity contribution in [3.63, 3.8) is 0 Å². The Morgan fingerprint density at radius 3 is 3.00 bits per heavy atom. The normalized spacial score (nSPS) is 31.7. The van der Waals surface area contributed by atoms with E-state index in [2.05, 4.69) is 31.0 Å². The first-order valence-corrected chi connectivity index (χ1v) is 4.63. The number of hydrogen-bond acceptors (Lipinski definition) is 2. The molecule has 0 bridgehead atoms. The first-order valence-electron chi connectivity index (χ1n) is 4.63. The van der Waals surface area contributed by atoms with E-state index in [4.69, 9.17) is 5.41 Å². The summed E-state index contributed by atoms with van der Waals surface area (Å²) in [6.45, 7) is 5.13. The highest BCUT2D eigenvalue weighted by Crippen LogP contribution is 2.44. The Morgan fingerprint density at radius 2 is 2.31 bits per heavy atom. The third-order valence-electron chi connectivity index (χ3n) is 3.28. The van der Waals surface area contributed by atoms with Crippen LogP contribution in [0.25, 0.3) is 0 Å². The second-order valence-electron chi connectivity index (χ2n) is 3.83. The molecule has 0 saturated carbocycles. The lowest BCUT2D eigenvalue weighted by molar-refractivity contribution is 0.620. The van der Waals surface area contributed by atoms with Crippen LogP contribution in [-0.2, 0) is 0 Å². The fourth-order valence-corrected chi connectivity index (χ4v) is 2.16. The lowest BCUT2D eigenvalue weighted by atomic mass is 9.73. The van der Waals surface area contributed by atoms with Gasteiger partial charge in [0.2, 0.25) is 0 Å². The fraction of sp³-hybridized carbons (Fsp3) is 0.455. The summed E-state index contributed by atoms with van der Waals surface area (Å²) >= 11 is 0. The molecule has 0 fully saturated rings. The number of allylic oxidation sites excluding steroid dienone is 3. The molecule has 1 unspecified atom stereocenters. The minimum absolute atomic E-state index is 0.0556. The number of rotatable bonds is 1. The number of aliphatic imine (C=N–C) groups is 1. The summed E-state index contributed by atoms with van der Waals surface area (Å²) in [5, 5.41) is 7.35. The van der Waals surface area contributed by atoms with Gasteiger partial charge in [0.05, 0.1) is 11.1 Å². The van der Waals surface area contributed by atoms with Crippen LogP contribution < -0.4 is 0 Å². The Bertz CT molecular complexity index is 347. The third kappa shape index (κ3) is 0.947. The van der Waals surface area contributed by atoms with E-state index in [0.29, 0.717) is 0 Å². The molecule has 0 radical (unpaired) electrons. The smallest absolute Gasteiger partial charge is 0.0664 e. The molecule has 1 atom stereocenters. The van der Waals surface area contributed by atoms with Crippen molar-refractivity contribution in [1.82, 2.24) is 0 Å². The third-order valence-corrected chi connectivity index (χ3v) is 3.28. The van der Waals surface area contributed by atoms with Gasteiger partial charge >= 0.3 is 0 Å². The zero-order valence-corrected chi connectivity index (χ0v) is 8.09.